The molecule has 134 valence electrons. The minimum Gasteiger partial charge on any atom is -0.497 e. The number of anilines is 1. The van der Waals surface area contributed by atoms with Crippen LogP contribution in [-0.2, 0) is 4.74 Å². The van der Waals surface area contributed by atoms with Crippen molar-refractivity contribution >= 4 is 24.9 Å². The van der Waals surface area contributed by atoms with E-state index in [-0.39, 0.29) is 6.79 Å². The maximum atomic E-state index is 5.76. The average molecular weight is 359 g/mol. The van der Waals surface area contributed by atoms with Crippen molar-refractivity contribution in [2.24, 2.45) is 0 Å². The molecule has 0 aliphatic carbocycles. The molecule has 0 N–H and O–H groups in total. The van der Waals surface area contributed by atoms with E-state index in [1.54, 1.807) is 14.2 Å². The lowest BCUT2D eigenvalue weighted by atomic mass is 10.1. The van der Waals surface area contributed by atoms with Crippen LogP contribution in [0.1, 0.15) is 19.3 Å². The molecule has 2 aromatic rings. The number of ether oxygens (including phenoxy) is 3. The molecule has 25 heavy (non-hydrogen) atoms. The number of hydrogen-bond acceptors (Lipinski definition) is 4. The van der Waals surface area contributed by atoms with E-state index in [1.807, 2.05) is 12.1 Å². The third kappa shape index (κ3) is 4.65. The fraction of sp³-hybridized carbons (Fsp3) is 0.400. The minimum atomic E-state index is 0.248. The average Bonchev–Trinajstić information content (AvgIpc) is 2.68. The molecule has 1 aliphatic rings. The van der Waals surface area contributed by atoms with Crippen molar-refractivity contribution in [1.82, 2.24) is 0 Å². The van der Waals surface area contributed by atoms with Gasteiger partial charge in [0.15, 0.2) is 6.79 Å². The fourth-order valence-electron chi connectivity index (χ4n) is 3.12. The van der Waals surface area contributed by atoms with Crippen LogP contribution >= 0.6 is 8.58 Å². The lowest BCUT2D eigenvalue weighted by Crippen LogP contribution is -2.32. The number of nitrogens with zero attached hydrogens (tertiary/aromatic N) is 1. The summed E-state index contributed by atoms with van der Waals surface area (Å²) in [5.41, 5.74) is 1.35. The summed E-state index contributed by atoms with van der Waals surface area (Å²) >= 11 is 0. The monoisotopic (exact) mass is 359 g/mol. The minimum absolute atomic E-state index is 0.248. The van der Waals surface area contributed by atoms with E-state index >= 15 is 0 Å². The van der Waals surface area contributed by atoms with E-state index < -0.39 is 0 Å². The van der Waals surface area contributed by atoms with Crippen molar-refractivity contribution in [2.75, 3.05) is 39.0 Å². The van der Waals surface area contributed by atoms with Gasteiger partial charge >= 0.3 is 0 Å². The number of hydrogen-bond donors (Lipinski definition) is 0. The van der Waals surface area contributed by atoms with E-state index in [9.17, 15) is 0 Å². The van der Waals surface area contributed by atoms with Crippen LogP contribution in [0, 0.1) is 0 Å². The highest BCUT2D eigenvalue weighted by atomic mass is 31.1. The third-order valence-electron chi connectivity index (χ3n) is 4.39. The molecule has 0 amide bonds. The van der Waals surface area contributed by atoms with Crippen molar-refractivity contribution in [3.05, 3.63) is 42.5 Å². The maximum absolute atomic E-state index is 5.76. The summed E-state index contributed by atoms with van der Waals surface area (Å²) in [4.78, 5) is 2.52. The molecule has 0 bridgehead atoms. The summed E-state index contributed by atoms with van der Waals surface area (Å²) in [6, 6.07) is 14.7. The van der Waals surface area contributed by atoms with Gasteiger partial charge in [0.2, 0.25) is 0 Å². The van der Waals surface area contributed by atoms with E-state index in [0.717, 1.165) is 29.9 Å². The summed E-state index contributed by atoms with van der Waals surface area (Å²) in [5, 5.41) is 2.49. The summed E-state index contributed by atoms with van der Waals surface area (Å²) < 4.78 is 16.2. The molecule has 2 aromatic carbocycles. The van der Waals surface area contributed by atoms with Gasteiger partial charge in [-0.2, -0.15) is 0 Å². The Bertz CT molecular complexity index is 686. The zero-order valence-corrected chi connectivity index (χ0v) is 16.0. The Hall–Kier alpha value is -1.77. The van der Waals surface area contributed by atoms with Gasteiger partial charge < -0.3 is 19.1 Å². The molecule has 1 saturated heterocycles. The van der Waals surface area contributed by atoms with Crippen LogP contribution in [0.3, 0.4) is 0 Å². The largest absolute Gasteiger partial charge is 0.497 e. The highest BCUT2D eigenvalue weighted by molar-refractivity contribution is 7.56. The van der Waals surface area contributed by atoms with Gasteiger partial charge in [-0.25, -0.2) is 0 Å². The molecule has 0 aromatic heterocycles. The number of piperidine rings is 1. The summed E-state index contributed by atoms with van der Waals surface area (Å²) in [7, 11) is 3.84. The molecule has 1 unspecified atom stereocenters. The molecular weight excluding hydrogens is 333 g/mol. The van der Waals surface area contributed by atoms with Crippen molar-refractivity contribution in [3.63, 3.8) is 0 Å². The Morgan fingerprint density at radius 1 is 0.960 bits per heavy atom. The molecule has 1 aliphatic heterocycles. The van der Waals surface area contributed by atoms with Crippen LogP contribution in [0.25, 0.3) is 0 Å². The van der Waals surface area contributed by atoms with Crippen LogP contribution in [0.5, 0.6) is 11.5 Å². The molecule has 4 nitrogen and oxygen atoms in total. The Kier molecular flexibility index (Phi) is 6.55. The number of benzene rings is 2. The number of para-hydroxylation sites is 1. The van der Waals surface area contributed by atoms with Gasteiger partial charge in [-0.3, -0.25) is 0 Å². The molecule has 0 spiro atoms. The van der Waals surface area contributed by atoms with Gasteiger partial charge in [0.05, 0.1) is 7.11 Å². The second-order valence-corrected chi connectivity index (χ2v) is 7.43. The van der Waals surface area contributed by atoms with E-state index in [1.165, 1.54) is 30.3 Å². The molecule has 0 radical (unpaired) electrons. The SMILES string of the molecule is COCOc1ccc(OC)cc1Pc1ccccc1N1CCCCC1. The lowest BCUT2D eigenvalue weighted by molar-refractivity contribution is 0.0519. The van der Waals surface area contributed by atoms with Gasteiger partial charge in [-0.15, -0.1) is 0 Å². The van der Waals surface area contributed by atoms with Gasteiger partial charge in [0.1, 0.15) is 11.5 Å². The van der Waals surface area contributed by atoms with Gasteiger partial charge in [-0.05, 0) is 43.5 Å². The van der Waals surface area contributed by atoms with Gasteiger partial charge in [-0.1, -0.05) is 26.8 Å². The van der Waals surface area contributed by atoms with Gasteiger partial charge in [0, 0.05) is 36.5 Å². The molecule has 1 heterocycles. The Morgan fingerprint density at radius 3 is 2.52 bits per heavy atom. The molecule has 1 fully saturated rings. The second kappa shape index (κ2) is 9.07. The molecule has 0 saturated carbocycles. The van der Waals surface area contributed by atoms with E-state index in [2.05, 4.69) is 35.2 Å². The standard InChI is InChI=1S/C20H26NO3P/c1-22-15-24-18-11-10-16(23-2)14-20(18)25-19-9-5-4-8-17(19)21-12-6-3-7-13-21/h4-5,8-11,14,25H,3,6-7,12-13,15H2,1-2H3. The van der Waals surface area contributed by atoms with Crippen LogP contribution in [0.2, 0.25) is 0 Å². The van der Waals surface area contributed by atoms with E-state index in [4.69, 9.17) is 14.2 Å². The van der Waals surface area contributed by atoms with Crippen molar-refractivity contribution in [1.29, 1.82) is 0 Å². The molecule has 1 atom stereocenters. The summed E-state index contributed by atoms with van der Waals surface area (Å²) in [5.74, 6) is 1.71. The smallest absolute Gasteiger partial charge is 0.188 e. The summed E-state index contributed by atoms with van der Waals surface area (Å²) in [6.45, 7) is 2.54. The normalized spacial score (nSPS) is 14.9. The molecular formula is C20H26NO3P. The van der Waals surface area contributed by atoms with Crippen LogP contribution < -0.4 is 25.0 Å². The first-order chi connectivity index (χ1) is 12.3. The first-order valence-corrected chi connectivity index (χ1v) is 9.72. The number of methoxy groups -OCH3 is 2. The predicted octanol–water partition coefficient (Wildman–Crippen LogP) is 3.30. The Labute approximate surface area is 151 Å². The van der Waals surface area contributed by atoms with Crippen molar-refractivity contribution in [3.8, 4) is 11.5 Å². The summed E-state index contributed by atoms with van der Waals surface area (Å²) in [6.07, 6.45) is 3.89. The zero-order valence-electron chi connectivity index (χ0n) is 15.0. The van der Waals surface area contributed by atoms with Gasteiger partial charge in [0.25, 0.3) is 0 Å². The highest BCUT2D eigenvalue weighted by Crippen LogP contribution is 2.28. The second-order valence-electron chi connectivity index (χ2n) is 6.10. The van der Waals surface area contributed by atoms with E-state index in [0.29, 0.717) is 8.58 Å². The van der Waals surface area contributed by atoms with Crippen molar-refractivity contribution in [2.45, 2.75) is 19.3 Å². The topological polar surface area (TPSA) is 30.9 Å². The lowest BCUT2D eigenvalue weighted by Gasteiger charge is -2.30. The molecule has 5 heteroatoms. The first kappa shape index (κ1) is 18.0. The quantitative estimate of drug-likeness (QED) is 0.561. The maximum Gasteiger partial charge on any atom is 0.188 e. The molecule has 3 rings (SSSR count). The highest BCUT2D eigenvalue weighted by Gasteiger charge is 2.16. The van der Waals surface area contributed by atoms with Crippen LogP contribution in [0.15, 0.2) is 42.5 Å². The third-order valence-corrected chi connectivity index (χ3v) is 5.74. The predicted molar refractivity (Wildman–Crippen MR) is 106 cm³/mol. The number of rotatable bonds is 7. The Balaban J connectivity index is 1.88. The van der Waals surface area contributed by atoms with Crippen molar-refractivity contribution < 1.29 is 14.2 Å². The fourth-order valence-corrected chi connectivity index (χ4v) is 4.45. The zero-order chi connectivity index (χ0) is 17.5. The first-order valence-electron chi connectivity index (χ1n) is 8.72. The Morgan fingerprint density at radius 2 is 1.76 bits per heavy atom. The van der Waals surface area contributed by atoms with Crippen LogP contribution in [-0.4, -0.2) is 34.1 Å². The van der Waals surface area contributed by atoms with Crippen LogP contribution in [0.4, 0.5) is 5.69 Å².